The van der Waals surface area contributed by atoms with Gasteiger partial charge in [0.1, 0.15) is 32.0 Å². The summed E-state index contributed by atoms with van der Waals surface area (Å²) in [6, 6.07) is 11.6. The quantitative estimate of drug-likeness (QED) is 0.170. The monoisotopic (exact) mass is 708 g/mol. The van der Waals surface area contributed by atoms with E-state index in [1.165, 1.54) is 37.4 Å². The highest BCUT2D eigenvalue weighted by Crippen LogP contribution is 2.44. The number of fused-ring (bicyclic) bond motifs is 2. The molecule has 0 fully saturated rings. The summed E-state index contributed by atoms with van der Waals surface area (Å²) in [6.45, 7) is 0. The SMILES string of the molecule is COc1cccc(-c2cc(C(F)(F)F)n3nc(C(=O)Nc4c(C(N)=O)sc5nc(C(F)(F)F)cc(-c6ccc(F)cc6)c45)c(Cl)c3n2)c1. The summed E-state index contributed by atoms with van der Waals surface area (Å²) in [5, 5.41) is 5.29. The van der Waals surface area contributed by atoms with Crippen molar-refractivity contribution in [1.29, 1.82) is 0 Å². The number of carbonyl (C=O) groups is 2. The molecule has 0 aliphatic heterocycles. The standard InChI is InChI=1S/C30H16ClF7N6O3S/c1-47-15-4-2-3-13(9-15)17-11-19(30(36,37)38)44-26(40-17)21(31)23(43-44)27(46)42-22-20-16(12-5-7-14(32)8-6-12)10-18(29(33,34)35)41-28(20)48-24(22)25(39)45/h2-11H,1H3,(H2,39,45)(H,42,46). The van der Waals surface area contributed by atoms with Gasteiger partial charge in [-0.2, -0.15) is 31.4 Å². The van der Waals surface area contributed by atoms with Crippen LogP contribution in [0.3, 0.4) is 0 Å². The summed E-state index contributed by atoms with van der Waals surface area (Å²) in [5.74, 6) is -2.79. The molecule has 18 heteroatoms. The number of halogens is 8. The van der Waals surface area contributed by atoms with Crippen molar-refractivity contribution in [2.24, 2.45) is 5.73 Å². The fraction of sp³-hybridized carbons (Fsp3) is 0.100. The third-order valence-corrected chi connectivity index (χ3v) is 8.42. The first-order valence-electron chi connectivity index (χ1n) is 13.3. The van der Waals surface area contributed by atoms with E-state index in [1.54, 1.807) is 6.07 Å². The number of alkyl halides is 6. The molecule has 0 spiro atoms. The minimum Gasteiger partial charge on any atom is -0.497 e. The third-order valence-electron chi connectivity index (χ3n) is 6.97. The van der Waals surface area contributed by atoms with Gasteiger partial charge < -0.3 is 15.8 Å². The van der Waals surface area contributed by atoms with Gasteiger partial charge in [-0.15, -0.1) is 11.3 Å². The van der Waals surface area contributed by atoms with E-state index in [2.05, 4.69) is 20.4 Å². The zero-order valence-corrected chi connectivity index (χ0v) is 25.4. The summed E-state index contributed by atoms with van der Waals surface area (Å²) in [5.41, 5.74) is 0.954. The summed E-state index contributed by atoms with van der Waals surface area (Å²) < 4.78 is 103. The van der Waals surface area contributed by atoms with E-state index >= 15 is 0 Å². The normalized spacial score (nSPS) is 12.1. The van der Waals surface area contributed by atoms with Gasteiger partial charge in [-0.1, -0.05) is 35.9 Å². The van der Waals surface area contributed by atoms with Crippen LogP contribution in [0.5, 0.6) is 5.75 Å². The maximum atomic E-state index is 14.3. The maximum Gasteiger partial charge on any atom is 0.433 e. The second kappa shape index (κ2) is 11.7. The zero-order chi connectivity index (χ0) is 34.7. The summed E-state index contributed by atoms with van der Waals surface area (Å²) in [7, 11) is 1.36. The lowest BCUT2D eigenvalue weighted by atomic mass is 10.0. The van der Waals surface area contributed by atoms with Crippen LogP contribution in [0.1, 0.15) is 31.5 Å². The fourth-order valence-corrected chi connectivity index (χ4v) is 6.09. The van der Waals surface area contributed by atoms with Crippen molar-refractivity contribution in [1.82, 2.24) is 19.6 Å². The van der Waals surface area contributed by atoms with Gasteiger partial charge in [-0.25, -0.2) is 18.9 Å². The molecule has 6 aromatic rings. The Balaban J connectivity index is 1.53. The molecule has 2 amide bonds. The number of rotatable bonds is 6. The lowest BCUT2D eigenvalue weighted by Gasteiger charge is -2.12. The second-order valence-corrected chi connectivity index (χ2v) is 11.4. The summed E-state index contributed by atoms with van der Waals surface area (Å²) >= 11 is 6.83. The number of anilines is 1. The number of nitrogens with two attached hydrogens (primary N) is 1. The van der Waals surface area contributed by atoms with Gasteiger partial charge >= 0.3 is 12.4 Å². The highest BCUT2D eigenvalue weighted by atomic mass is 35.5. The van der Waals surface area contributed by atoms with E-state index in [4.69, 9.17) is 22.1 Å². The van der Waals surface area contributed by atoms with Gasteiger partial charge in [0, 0.05) is 10.9 Å². The number of hydrogen-bond donors (Lipinski definition) is 2. The number of ether oxygens (including phenoxy) is 1. The number of aromatic nitrogens is 4. The van der Waals surface area contributed by atoms with Crippen molar-refractivity contribution < 1.29 is 45.1 Å². The molecular weight excluding hydrogens is 693 g/mol. The van der Waals surface area contributed by atoms with Crippen molar-refractivity contribution in [3.8, 4) is 28.1 Å². The Labute approximate surface area is 272 Å². The number of amides is 2. The highest BCUT2D eigenvalue weighted by Gasteiger charge is 2.38. The minimum atomic E-state index is -5.01. The molecule has 3 N–H and O–H groups in total. The van der Waals surface area contributed by atoms with Crippen LogP contribution in [0.4, 0.5) is 36.4 Å². The lowest BCUT2D eigenvalue weighted by Crippen LogP contribution is -2.18. The first kappa shape index (κ1) is 32.6. The highest BCUT2D eigenvalue weighted by molar-refractivity contribution is 7.21. The molecule has 0 atom stereocenters. The molecule has 6 rings (SSSR count). The zero-order valence-electron chi connectivity index (χ0n) is 23.8. The molecule has 0 aliphatic carbocycles. The molecule has 48 heavy (non-hydrogen) atoms. The number of pyridine rings is 1. The van der Waals surface area contributed by atoms with E-state index in [-0.39, 0.29) is 32.6 Å². The Morgan fingerprint density at radius 2 is 1.67 bits per heavy atom. The van der Waals surface area contributed by atoms with Gasteiger partial charge in [-0.3, -0.25) is 9.59 Å². The Bertz CT molecular complexity index is 2270. The fourth-order valence-electron chi connectivity index (χ4n) is 4.84. The summed E-state index contributed by atoms with van der Waals surface area (Å²) in [6.07, 6.45) is -9.95. The smallest absolute Gasteiger partial charge is 0.433 e. The van der Waals surface area contributed by atoms with Crippen molar-refractivity contribution in [3.63, 3.8) is 0 Å². The van der Waals surface area contributed by atoms with Crippen molar-refractivity contribution >= 4 is 56.3 Å². The van der Waals surface area contributed by atoms with Gasteiger partial charge in [0.05, 0.1) is 18.5 Å². The van der Waals surface area contributed by atoms with Crippen LogP contribution in [0.15, 0.2) is 60.7 Å². The lowest BCUT2D eigenvalue weighted by molar-refractivity contribution is -0.143. The van der Waals surface area contributed by atoms with Crippen LogP contribution in [-0.4, -0.2) is 38.5 Å². The van der Waals surface area contributed by atoms with Gasteiger partial charge in [0.25, 0.3) is 11.8 Å². The number of thiophene rings is 1. The molecule has 0 saturated heterocycles. The maximum absolute atomic E-state index is 14.3. The van der Waals surface area contributed by atoms with Crippen LogP contribution < -0.4 is 15.8 Å². The van der Waals surface area contributed by atoms with E-state index in [0.717, 1.165) is 12.1 Å². The Morgan fingerprint density at radius 3 is 2.29 bits per heavy atom. The predicted molar refractivity (Wildman–Crippen MR) is 161 cm³/mol. The molecule has 0 bridgehead atoms. The Hall–Kier alpha value is -5.29. The molecule has 0 unspecified atom stereocenters. The molecular formula is C30H16ClF7N6O3S. The number of primary amides is 1. The molecule has 4 aromatic heterocycles. The summed E-state index contributed by atoms with van der Waals surface area (Å²) in [4.78, 5) is 33.1. The molecule has 0 saturated carbocycles. The average Bonchev–Trinajstić information content (AvgIpc) is 3.57. The Kier molecular flexibility index (Phi) is 7.99. The van der Waals surface area contributed by atoms with Crippen LogP contribution in [0.25, 0.3) is 38.2 Å². The van der Waals surface area contributed by atoms with Crippen LogP contribution in [0.2, 0.25) is 5.02 Å². The molecule has 0 aliphatic rings. The number of nitrogens with one attached hydrogen (secondary N) is 1. The van der Waals surface area contributed by atoms with E-state index < -0.39 is 68.3 Å². The molecule has 0 radical (unpaired) electrons. The van der Waals surface area contributed by atoms with Crippen molar-refractivity contribution in [2.75, 3.05) is 12.4 Å². The largest absolute Gasteiger partial charge is 0.497 e. The topological polar surface area (TPSA) is 124 Å². The third kappa shape index (κ3) is 5.85. The minimum absolute atomic E-state index is 0.0495. The van der Waals surface area contributed by atoms with E-state index in [0.29, 0.717) is 33.7 Å². The molecule has 4 heterocycles. The molecule has 246 valence electrons. The number of benzene rings is 2. The second-order valence-electron chi connectivity index (χ2n) is 10.0. The van der Waals surface area contributed by atoms with E-state index in [1.807, 2.05) is 0 Å². The van der Waals surface area contributed by atoms with Crippen LogP contribution >= 0.6 is 22.9 Å². The van der Waals surface area contributed by atoms with Crippen molar-refractivity contribution in [3.05, 3.63) is 93.5 Å². The molecule has 9 nitrogen and oxygen atoms in total. The average molecular weight is 709 g/mol. The number of nitrogens with zero attached hydrogens (tertiary/aromatic N) is 4. The van der Waals surface area contributed by atoms with Crippen LogP contribution in [0, 0.1) is 5.82 Å². The first-order valence-corrected chi connectivity index (χ1v) is 14.5. The molecule has 2 aromatic carbocycles. The van der Waals surface area contributed by atoms with Gasteiger partial charge in [0.2, 0.25) is 0 Å². The van der Waals surface area contributed by atoms with E-state index in [9.17, 15) is 40.3 Å². The van der Waals surface area contributed by atoms with Crippen molar-refractivity contribution in [2.45, 2.75) is 12.4 Å². The first-order chi connectivity index (χ1) is 22.6. The van der Waals surface area contributed by atoms with Crippen LogP contribution in [-0.2, 0) is 12.4 Å². The number of hydrogen-bond acceptors (Lipinski definition) is 7. The van der Waals surface area contributed by atoms with Gasteiger partial charge in [-0.05, 0) is 47.5 Å². The Morgan fingerprint density at radius 1 is 0.958 bits per heavy atom. The predicted octanol–water partition coefficient (Wildman–Crippen LogP) is 7.86. The number of carbonyl (C=O) groups excluding carboxylic acids is 2. The van der Waals surface area contributed by atoms with Gasteiger partial charge in [0.15, 0.2) is 17.0 Å². The number of methoxy groups -OCH3 is 1.